The highest BCUT2D eigenvalue weighted by Crippen LogP contribution is 2.74. The summed E-state index contributed by atoms with van der Waals surface area (Å²) in [5, 5.41) is 0. The Kier molecular flexibility index (Phi) is 3.88. The minimum atomic E-state index is -1.11. The van der Waals surface area contributed by atoms with E-state index in [1.807, 2.05) is 6.08 Å². The molecule has 3 saturated carbocycles. The zero-order valence-electron chi connectivity index (χ0n) is 17.6. The van der Waals surface area contributed by atoms with E-state index in [4.69, 9.17) is 15.2 Å². The number of fused-ring (bicyclic) bond motifs is 6. The number of rotatable bonds is 3. The van der Waals surface area contributed by atoms with Crippen molar-refractivity contribution < 1.29 is 23.9 Å². The van der Waals surface area contributed by atoms with Gasteiger partial charge in [-0.3, -0.25) is 14.4 Å². The molecule has 0 bridgehead atoms. The summed E-state index contributed by atoms with van der Waals surface area (Å²) < 4.78 is 11.5. The van der Waals surface area contributed by atoms with Crippen LogP contribution in [0.3, 0.4) is 0 Å². The van der Waals surface area contributed by atoms with Crippen LogP contribution >= 0.6 is 0 Å². The number of primary amides is 1. The summed E-state index contributed by atoms with van der Waals surface area (Å²) in [5.41, 5.74) is 4.54. The van der Waals surface area contributed by atoms with Crippen LogP contribution in [0.4, 0.5) is 0 Å². The first-order chi connectivity index (χ1) is 13.7. The third-order valence-corrected chi connectivity index (χ3v) is 9.48. The molecule has 6 heteroatoms. The maximum atomic E-state index is 13.7. The molecular formula is C23H31NO5. The lowest BCUT2D eigenvalue weighted by atomic mass is 9.46. The highest BCUT2D eigenvalue weighted by atomic mass is 16.7. The van der Waals surface area contributed by atoms with Crippen molar-refractivity contribution in [2.45, 2.75) is 70.0 Å². The molecule has 1 saturated heterocycles. The topological polar surface area (TPSA) is 99.0 Å². The van der Waals surface area contributed by atoms with Gasteiger partial charge in [-0.05, 0) is 55.4 Å². The zero-order valence-corrected chi connectivity index (χ0v) is 17.6. The number of Topliss-reactive ketones (excluding diaryl/α,β-unsaturated/α-hetero) is 1. The lowest BCUT2D eigenvalue weighted by Crippen LogP contribution is -2.58. The number of hydrogen-bond acceptors (Lipinski definition) is 5. The molecular weight excluding hydrogens is 370 g/mol. The second-order valence-electron chi connectivity index (χ2n) is 10.5. The van der Waals surface area contributed by atoms with Gasteiger partial charge in [-0.25, -0.2) is 0 Å². The van der Waals surface area contributed by atoms with Crippen LogP contribution in [0.15, 0.2) is 11.6 Å². The maximum Gasteiger partial charge on any atom is 0.255 e. The van der Waals surface area contributed by atoms with Gasteiger partial charge in [0.1, 0.15) is 11.4 Å². The normalized spacial score (nSPS) is 50.6. The zero-order chi connectivity index (χ0) is 20.8. The monoisotopic (exact) mass is 401 g/mol. The van der Waals surface area contributed by atoms with Crippen LogP contribution in [0, 0.1) is 28.6 Å². The number of epoxide rings is 1. The highest BCUT2D eigenvalue weighted by molar-refractivity contribution is 5.93. The van der Waals surface area contributed by atoms with Gasteiger partial charge in [-0.15, -0.1) is 0 Å². The van der Waals surface area contributed by atoms with Gasteiger partial charge in [0.25, 0.3) is 5.91 Å². The number of amides is 1. The number of methoxy groups -OCH3 is 1. The van der Waals surface area contributed by atoms with E-state index in [9.17, 15) is 14.4 Å². The SMILES string of the molecule is COCC1(C(N)=O)O[C@@]12CC[C@H]1[C@@H]3CCC4=CC(=O)CC[C@]4(C)[C@H]3C(=O)C[C@@]12C. The van der Waals surface area contributed by atoms with Crippen molar-refractivity contribution in [3.05, 3.63) is 11.6 Å². The summed E-state index contributed by atoms with van der Waals surface area (Å²) in [6, 6.07) is 0. The number of hydrogen-bond donors (Lipinski definition) is 1. The number of nitrogens with two attached hydrogens (primary N) is 1. The van der Waals surface area contributed by atoms with Gasteiger partial charge in [-0.2, -0.15) is 0 Å². The maximum absolute atomic E-state index is 13.7. The van der Waals surface area contributed by atoms with Crippen molar-refractivity contribution in [3.63, 3.8) is 0 Å². The van der Waals surface area contributed by atoms with E-state index < -0.39 is 22.5 Å². The third kappa shape index (κ3) is 2.12. The Morgan fingerprint density at radius 2 is 2.00 bits per heavy atom. The molecule has 0 aromatic heterocycles. The van der Waals surface area contributed by atoms with E-state index in [1.54, 1.807) is 7.11 Å². The summed E-state index contributed by atoms with van der Waals surface area (Å²) in [6.45, 7) is 4.47. The molecule has 5 rings (SSSR count). The van der Waals surface area contributed by atoms with Gasteiger partial charge in [0.2, 0.25) is 0 Å². The molecule has 1 spiro atoms. The molecule has 4 fully saturated rings. The van der Waals surface area contributed by atoms with E-state index in [-0.39, 0.29) is 35.4 Å². The van der Waals surface area contributed by atoms with Crippen LogP contribution in [-0.2, 0) is 23.9 Å². The van der Waals surface area contributed by atoms with Crippen molar-refractivity contribution >= 4 is 17.5 Å². The van der Waals surface area contributed by atoms with Gasteiger partial charge in [-0.1, -0.05) is 19.4 Å². The van der Waals surface area contributed by atoms with Crippen molar-refractivity contribution in [1.29, 1.82) is 0 Å². The molecule has 2 N–H and O–H groups in total. The van der Waals surface area contributed by atoms with Crippen LogP contribution in [0.5, 0.6) is 0 Å². The molecule has 158 valence electrons. The molecule has 0 aromatic rings. The summed E-state index contributed by atoms with van der Waals surface area (Å²) >= 11 is 0. The molecule has 7 atom stereocenters. The van der Waals surface area contributed by atoms with Crippen molar-refractivity contribution in [2.75, 3.05) is 13.7 Å². The van der Waals surface area contributed by atoms with E-state index in [0.717, 1.165) is 32.1 Å². The van der Waals surface area contributed by atoms with Crippen LogP contribution in [-0.4, -0.2) is 42.4 Å². The fraction of sp³-hybridized carbons (Fsp3) is 0.783. The van der Waals surface area contributed by atoms with Crippen molar-refractivity contribution in [1.82, 2.24) is 0 Å². The number of allylic oxidation sites excluding steroid dienone is 1. The first kappa shape index (κ1) is 19.4. The Morgan fingerprint density at radius 1 is 1.24 bits per heavy atom. The second kappa shape index (κ2) is 5.79. The van der Waals surface area contributed by atoms with Crippen molar-refractivity contribution in [3.8, 4) is 0 Å². The van der Waals surface area contributed by atoms with Gasteiger partial charge < -0.3 is 15.2 Å². The fourth-order valence-electron chi connectivity index (χ4n) is 8.14. The van der Waals surface area contributed by atoms with Gasteiger partial charge in [0.15, 0.2) is 11.4 Å². The Morgan fingerprint density at radius 3 is 2.69 bits per heavy atom. The van der Waals surface area contributed by atoms with Crippen LogP contribution in [0.1, 0.15) is 58.8 Å². The minimum absolute atomic E-state index is 0.0343. The molecule has 4 aliphatic carbocycles. The molecule has 1 heterocycles. The lowest BCUT2D eigenvalue weighted by Gasteiger charge is -2.56. The van der Waals surface area contributed by atoms with Gasteiger partial charge in [0.05, 0.1) is 6.61 Å². The van der Waals surface area contributed by atoms with E-state index in [2.05, 4.69) is 13.8 Å². The standard InChI is InChI=1S/C23H31NO5/c1-20-8-6-14(25)10-13(20)4-5-15-16-7-9-23(21(16,2)11-17(26)18(15)20)22(29-23,12-28-3)19(24)27/h10,15-16,18H,4-9,11-12H2,1-3H3,(H2,24,27)/t15-,16-,18+,20-,21-,22?,23+/m0/s1. The first-order valence-corrected chi connectivity index (χ1v) is 10.9. The average Bonchev–Trinajstić information content (AvgIpc) is 3.23. The minimum Gasteiger partial charge on any atom is -0.381 e. The number of ketones is 2. The molecule has 0 aromatic carbocycles. The quantitative estimate of drug-likeness (QED) is 0.732. The Bertz CT molecular complexity index is 850. The summed E-state index contributed by atoms with van der Waals surface area (Å²) in [4.78, 5) is 38.0. The number of carbonyl (C=O) groups excluding carboxylic acids is 3. The molecule has 0 radical (unpaired) electrons. The Hall–Kier alpha value is -1.53. The van der Waals surface area contributed by atoms with E-state index in [1.165, 1.54) is 5.57 Å². The first-order valence-electron chi connectivity index (χ1n) is 10.9. The van der Waals surface area contributed by atoms with Crippen LogP contribution < -0.4 is 5.73 Å². The summed E-state index contributed by atoms with van der Waals surface area (Å²) in [5.74, 6) is 0.535. The number of ether oxygens (including phenoxy) is 2. The smallest absolute Gasteiger partial charge is 0.255 e. The van der Waals surface area contributed by atoms with Crippen molar-refractivity contribution in [2.24, 2.45) is 34.3 Å². The molecule has 1 aliphatic heterocycles. The molecule has 6 nitrogen and oxygen atoms in total. The van der Waals surface area contributed by atoms with Crippen LogP contribution in [0.2, 0.25) is 0 Å². The van der Waals surface area contributed by atoms with Gasteiger partial charge in [0, 0.05) is 31.3 Å². The lowest BCUT2D eigenvalue weighted by molar-refractivity contribution is -0.147. The molecule has 5 aliphatic rings. The largest absolute Gasteiger partial charge is 0.381 e. The van der Waals surface area contributed by atoms with Crippen LogP contribution in [0.25, 0.3) is 0 Å². The van der Waals surface area contributed by atoms with E-state index >= 15 is 0 Å². The second-order valence-corrected chi connectivity index (χ2v) is 10.5. The van der Waals surface area contributed by atoms with E-state index in [0.29, 0.717) is 18.8 Å². The Labute approximate surface area is 171 Å². The number of carbonyl (C=O) groups is 3. The third-order valence-electron chi connectivity index (χ3n) is 9.48. The fourth-order valence-corrected chi connectivity index (χ4v) is 8.14. The molecule has 1 amide bonds. The molecule has 29 heavy (non-hydrogen) atoms. The average molecular weight is 402 g/mol. The predicted octanol–water partition coefficient (Wildman–Crippen LogP) is 2.34. The summed E-state index contributed by atoms with van der Waals surface area (Å²) in [6.07, 6.45) is 7.03. The molecule has 1 unspecified atom stereocenters. The summed E-state index contributed by atoms with van der Waals surface area (Å²) in [7, 11) is 1.55. The highest BCUT2D eigenvalue weighted by Gasteiger charge is 2.85. The van der Waals surface area contributed by atoms with Gasteiger partial charge >= 0.3 is 0 Å². The Balaban J connectivity index is 1.53. The predicted molar refractivity (Wildman–Crippen MR) is 105 cm³/mol.